The Balaban J connectivity index is 2.37. The lowest BCUT2D eigenvalue weighted by Crippen LogP contribution is -2.26. The maximum absolute atomic E-state index is 12.2. The molecule has 3 nitrogen and oxygen atoms in total. The first-order valence-electron chi connectivity index (χ1n) is 7.17. The molecule has 1 rings (SSSR count). The van der Waals surface area contributed by atoms with E-state index in [4.69, 9.17) is 0 Å². The van der Waals surface area contributed by atoms with Crippen LogP contribution in [0.4, 0.5) is 0 Å². The molecule has 0 heterocycles. The summed E-state index contributed by atoms with van der Waals surface area (Å²) in [6.07, 6.45) is 3.80. The molecule has 0 bridgehead atoms. The third-order valence-electron chi connectivity index (χ3n) is 3.20. The maximum Gasteiger partial charge on any atom is 0.178 e. The van der Waals surface area contributed by atoms with Gasteiger partial charge in [0.15, 0.2) is 9.84 Å². The topological polar surface area (TPSA) is 46.2 Å². The van der Waals surface area contributed by atoms with Gasteiger partial charge in [0, 0.05) is 10.5 Å². The van der Waals surface area contributed by atoms with Crippen LogP contribution >= 0.6 is 15.9 Å². The number of benzene rings is 1. The molecule has 1 aromatic carbocycles. The number of hydrogen-bond acceptors (Lipinski definition) is 3. The highest BCUT2D eigenvalue weighted by Crippen LogP contribution is 2.18. The van der Waals surface area contributed by atoms with E-state index in [2.05, 4.69) is 35.1 Å². The van der Waals surface area contributed by atoms with Gasteiger partial charge in [-0.05, 0) is 50.9 Å². The summed E-state index contributed by atoms with van der Waals surface area (Å²) >= 11 is 3.31. The Kier molecular flexibility index (Phi) is 7.77. The fraction of sp³-hybridized carbons (Fsp3) is 0.600. The van der Waals surface area contributed by atoms with E-state index in [1.165, 1.54) is 0 Å². The van der Waals surface area contributed by atoms with Crippen molar-refractivity contribution in [2.75, 3.05) is 12.3 Å². The molecule has 0 aliphatic heterocycles. The minimum Gasteiger partial charge on any atom is -0.314 e. The van der Waals surface area contributed by atoms with Crippen LogP contribution in [0.5, 0.6) is 0 Å². The Morgan fingerprint density at radius 3 is 2.70 bits per heavy atom. The van der Waals surface area contributed by atoms with Gasteiger partial charge in [-0.2, -0.15) is 0 Å². The molecule has 5 heteroatoms. The molecule has 1 N–H and O–H groups in total. The molecule has 0 aromatic heterocycles. The van der Waals surface area contributed by atoms with Crippen molar-refractivity contribution in [2.45, 2.75) is 50.5 Å². The standard InChI is InChI=1S/C15H24BrNO2S/c1-3-10-17-13(2)7-4-5-11-20(18,19)15-9-6-8-14(16)12-15/h6,8-9,12-13,17H,3-5,7,10-11H2,1-2H3. The number of sulfone groups is 1. The second-order valence-corrected chi connectivity index (χ2v) is 8.15. The molecule has 0 fully saturated rings. The zero-order valence-corrected chi connectivity index (χ0v) is 14.6. The van der Waals surface area contributed by atoms with Crippen molar-refractivity contribution in [3.05, 3.63) is 28.7 Å². The average Bonchev–Trinajstić information content (AvgIpc) is 2.41. The molecule has 0 amide bonds. The smallest absolute Gasteiger partial charge is 0.178 e. The van der Waals surface area contributed by atoms with E-state index in [1.807, 2.05) is 6.07 Å². The fourth-order valence-electron chi connectivity index (χ4n) is 2.01. The monoisotopic (exact) mass is 361 g/mol. The molecule has 1 aromatic rings. The molecule has 0 saturated carbocycles. The highest BCUT2D eigenvalue weighted by atomic mass is 79.9. The van der Waals surface area contributed by atoms with E-state index >= 15 is 0 Å². The number of hydrogen-bond donors (Lipinski definition) is 1. The van der Waals surface area contributed by atoms with Crippen LogP contribution in [0.2, 0.25) is 0 Å². The Morgan fingerprint density at radius 1 is 1.30 bits per heavy atom. The van der Waals surface area contributed by atoms with Crippen molar-refractivity contribution in [1.82, 2.24) is 5.32 Å². The van der Waals surface area contributed by atoms with Crippen molar-refractivity contribution in [2.24, 2.45) is 0 Å². The molecular weight excluding hydrogens is 338 g/mol. The first-order chi connectivity index (χ1) is 9.45. The van der Waals surface area contributed by atoms with Crippen LogP contribution in [-0.2, 0) is 9.84 Å². The molecule has 0 saturated heterocycles. The lowest BCUT2D eigenvalue weighted by molar-refractivity contribution is 0.494. The molecule has 1 unspecified atom stereocenters. The van der Waals surface area contributed by atoms with Gasteiger partial charge in [0.25, 0.3) is 0 Å². The summed E-state index contributed by atoms with van der Waals surface area (Å²) < 4.78 is 25.1. The normalized spacial score (nSPS) is 13.3. The lowest BCUT2D eigenvalue weighted by Gasteiger charge is -2.12. The average molecular weight is 362 g/mol. The molecule has 1 atom stereocenters. The van der Waals surface area contributed by atoms with E-state index in [0.717, 1.165) is 30.3 Å². The summed E-state index contributed by atoms with van der Waals surface area (Å²) in [6, 6.07) is 7.38. The number of rotatable bonds is 9. The molecule has 114 valence electrons. The Hall–Kier alpha value is -0.390. The SMILES string of the molecule is CCCNC(C)CCCCS(=O)(=O)c1cccc(Br)c1. The predicted octanol–water partition coefficient (Wildman–Crippen LogP) is 3.78. The van der Waals surface area contributed by atoms with Gasteiger partial charge < -0.3 is 5.32 Å². The van der Waals surface area contributed by atoms with Crippen LogP contribution in [0.3, 0.4) is 0 Å². The first kappa shape index (κ1) is 17.7. The molecular formula is C15H24BrNO2S. The summed E-state index contributed by atoms with van der Waals surface area (Å²) in [4.78, 5) is 0.407. The fourth-order valence-corrected chi connectivity index (χ4v) is 3.98. The van der Waals surface area contributed by atoms with Crippen molar-refractivity contribution in [1.29, 1.82) is 0 Å². The van der Waals surface area contributed by atoms with Crippen LogP contribution in [0.15, 0.2) is 33.6 Å². The third kappa shape index (κ3) is 6.37. The van der Waals surface area contributed by atoms with Gasteiger partial charge in [-0.1, -0.05) is 35.3 Å². The van der Waals surface area contributed by atoms with E-state index in [1.54, 1.807) is 18.2 Å². The van der Waals surface area contributed by atoms with E-state index in [9.17, 15) is 8.42 Å². The van der Waals surface area contributed by atoms with Crippen molar-refractivity contribution < 1.29 is 8.42 Å². The highest BCUT2D eigenvalue weighted by molar-refractivity contribution is 9.10. The van der Waals surface area contributed by atoms with E-state index < -0.39 is 9.84 Å². The van der Waals surface area contributed by atoms with Gasteiger partial charge in [-0.25, -0.2) is 8.42 Å². The first-order valence-corrected chi connectivity index (χ1v) is 9.62. The molecule has 0 aliphatic rings. The minimum absolute atomic E-state index is 0.226. The maximum atomic E-state index is 12.2. The predicted molar refractivity (Wildman–Crippen MR) is 87.8 cm³/mol. The number of halogens is 1. The largest absolute Gasteiger partial charge is 0.314 e. The van der Waals surface area contributed by atoms with Crippen LogP contribution in [-0.4, -0.2) is 26.8 Å². The van der Waals surface area contributed by atoms with Gasteiger partial charge in [-0.3, -0.25) is 0 Å². The zero-order chi connectivity index (χ0) is 15.0. The molecule has 0 spiro atoms. The Labute approximate surface area is 131 Å². The summed E-state index contributed by atoms with van der Waals surface area (Å²) in [5, 5.41) is 3.41. The van der Waals surface area contributed by atoms with E-state index in [-0.39, 0.29) is 5.75 Å². The van der Waals surface area contributed by atoms with Crippen LogP contribution in [0.25, 0.3) is 0 Å². The zero-order valence-electron chi connectivity index (χ0n) is 12.2. The molecule has 0 aliphatic carbocycles. The van der Waals surface area contributed by atoms with Crippen LogP contribution in [0, 0.1) is 0 Å². The second kappa shape index (κ2) is 8.80. The summed E-state index contributed by atoms with van der Waals surface area (Å²) in [7, 11) is -3.15. The van der Waals surface area contributed by atoms with Gasteiger partial charge in [0.2, 0.25) is 0 Å². The van der Waals surface area contributed by atoms with Crippen LogP contribution in [0.1, 0.15) is 39.5 Å². The number of nitrogens with one attached hydrogen (secondary N) is 1. The van der Waals surface area contributed by atoms with Crippen LogP contribution < -0.4 is 5.32 Å². The molecule has 20 heavy (non-hydrogen) atoms. The summed E-state index contributed by atoms with van der Waals surface area (Å²) in [6.45, 7) is 5.32. The van der Waals surface area contributed by atoms with Gasteiger partial charge in [0.05, 0.1) is 10.6 Å². The van der Waals surface area contributed by atoms with Crippen molar-refractivity contribution in [3.8, 4) is 0 Å². The molecule has 0 radical (unpaired) electrons. The Morgan fingerprint density at radius 2 is 2.05 bits per heavy atom. The van der Waals surface area contributed by atoms with Gasteiger partial charge in [-0.15, -0.1) is 0 Å². The lowest BCUT2D eigenvalue weighted by atomic mass is 10.1. The number of unbranched alkanes of at least 4 members (excludes halogenated alkanes) is 1. The van der Waals surface area contributed by atoms with Crippen molar-refractivity contribution >= 4 is 25.8 Å². The van der Waals surface area contributed by atoms with Gasteiger partial charge in [0.1, 0.15) is 0 Å². The highest BCUT2D eigenvalue weighted by Gasteiger charge is 2.14. The quantitative estimate of drug-likeness (QED) is 0.680. The third-order valence-corrected chi connectivity index (χ3v) is 5.49. The second-order valence-electron chi connectivity index (χ2n) is 5.13. The van der Waals surface area contributed by atoms with Gasteiger partial charge >= 0.3 is 0 Å². The minimum atomic E-state index is -3.15. The summed E-state index contributed by atoms with van der Waals surface area (Å²) in [5.74, 6) is 0.226. The summed E-state index contributed by atoms with van der Waals surface area (Å²) in [5.41, 5.74) is 0. The Bertz CT molecular complexity index is 502. The van der Waals surface area contributed by atoms with Crippen molar-refractivity contribution in [3.63, 3.8) is 0 Å². The van der Waals surface area contributed by atoms with E-state index in [0.29, 0.717) is 17.4 Å².